The summed E-state index contributed by atoms with van der Waals surface area (Å²) in [5.41, 5.74) is 38.5. The van der Waals surface area contributed by atoms with Crippen LogP contribution in [0.5, 0.6) is 0 Å². The zero-order valence-corrected chi connectivity index (χ0v) is 68.0. The van der Waals surface area contributed by atoms with Gasteiger partial charge < -0.3 is 18.3 Å². The molecule has 580 valence electrons. The Balaban J connectivity index is 0.000000143. The highest BCUT2D eigenvalue weighted by molar-refractivity contribution is 6.15. The molecule has 0 aliphatic carbocycles. The third-order valence-electron chi connectivity index (χ3n) is 25.1. The van der Waals surface area contributed by atoms with Crippen molar-refractivity contribution in [3.05, 3.63) is 485 Å². The van der Waals surface area contributed by atoms with Crippen molar-refractivity contribution in [2.45, 2.75) is 0 Å². The molecule has 4 nitrogen and oxygen atoms in total. The van der Waals surface area contributed by atoms with Crippen molar-refractivity contribution >= 4 is 87.2 Å². The Labute approximate surface area is 719 Å². The number of fused-ring (bicyclic) bond motifs is 12. The van der Waals surface area contributed by atoms with Gasteiger partial charge in [-0.25, -0.2) is 0 Å². The van der Waals surface area contributed by atoms with Gasteiger partial charge in [0.1, 0.15) is 0 Å². The molecule has 0 atom stereocenters. The highest BCUT2D eigenvalue weighted by Gasteiger charge is 2.22. The second kappa shape index (κ2) is 31.1. The van der Waals surface area contributed by atoms with E-state index in [1.807, 2.05) is 0 Å². The predicted octanol–water partition coefficient (Wildman–Crippen LogP) is 32.4. The first-order valence-corrected chi connectivity index (χ1v) is 42.7. The Kier molecular flexibility index (Phi) is 18.2. The van der Waals surface area contributed by atoms with Gasteiger partial charge in [-0.1, -0.05) is 358 Å². The fourth-order valence-corrected chi connectivity index (χ4v) is 19.1. The molecule has 0 saturated heterocycles. The number of hydrogen-bond donors (Lipinski definition) is 0. The van der Waals surface area contributed by atoms with Crippen LogP contribution >= 0.6 is 0 Å². The second-order valence-electron chi connectivity index (χ2n) is 32.2. The molecule has 4 aromatic heterocycles. The van der Waals surface area contributed by atoms with E-state index >= 15 is 0 Å². The first-order valence-electron chi connectivity index (χ1n) is 42.7. The molecule has 0 spiro atoms. The lowest BCUT2D eigenvalue weighted by atomic mass is 9.94. The number of para-hydroxylation sites is 5. The van der Waals surface area contributed by atoms with E-state index in [1.165, 1.54) is 204 Å². The predicted molar refractivity (Wildman–Crippen MR) is 525 cm³/mol. The van der Waals surface area contributed by atoms with E-state index in [0.29, 0.717) is 0 Å². The number of aromatic nitrogens is 4. The van der Waals surface area contributed by atoms with Crippen molar-refractivity contribution in [2.24, 2.45) is 0 Å². The third-order valence-corrected chi connectivity index (χ3v) is 25.1. The largest absolute Gasteiger partial charge is 0.309 e. The summed E-state index contributed by atoms with van der Waals surface area (Å²) >= 11 is 0. The summed E-state index contributed by atoms with van der Waals surface area (Å²) in [5.74, 6) is 0. The summed E-state index contributed by atoms with van der Waals surface area (Å²) in [6, 6.07) is 177. The molecule has 0 aliphatic heterocycles. The van der Waals surface area contributed by atoms with Crippen LogP contribution in [0.4, 0.5) is 0 Å². The van der Waals surface area contributed by atoms with Gasteiger partial charge in [0.05, 0.1) is 49.8 Å². The van der Waals surface area contributed by atoms with Crippen LogP contribution in [0.1, 0.15) is 0 Å². The van der Waals surface area contributed by atoms with Gasteiger partial charge >= 0.3 is 0 Å². The maximum absolute atomic E-state index is 2.44. The first kappa shape index (κ1) is 72.8. The fraction of sp³-hybridized carbons (Fsp3) is 0. The Bertz CT molecular complexity index is 8150. The van der Waals surface area contributed by atoms with E-state index in [9.17, 15) is 0 Å². The summed E-state index contributed by atoms with van der Waals surface area (Å²) in [7, 11) is 0. The van der Waals surface area contributed by atoms with Gasteiger partial charge in [0.25, 0.3) is 0 Å². The first-order chi connectivity index (χ1) is 61.5. The van der Waals surface area contributed by atoms with Gasteiger partial charge in [-0.05, 0) is 233 Å². The lowest BCUT2D eigenvalue weighted by Gasteiger charge is -2.14. The molecule has 20 aromatic carbocycles. The molecule has 24 rings (SSSR count). The molecule has 0 aliphatic rings. The molecule has 0 radical (unpaired) electrons. The van der Waals surface area contributed by atoms with Crippen molar-refractivity contribution in [1.82, 2.24) is 18.3 Å². The molecule has 0 amide bonds. The van der Waals surface area contributed by atoms with Gasteiger partial charge in [-0.15, -0.1) is 0 Å². The maximum atomic E-state index is 2.44. The molecular formula is C120H80N4. The second-order valence-corrected chi connectivity index (χ2v) is 32.2. The standard InChI is InChI=1S/2C60H40N2/c1-3-14-41(15-4-1)43-26-28-45(29-27-43)51-20-7-10-23-56(51)62-58-25-12-9-22-53(58)55-40-49(33-37-60(55)62)48-32-36-59-54(39-48)52-21-8-11-24-57(52)61(59)50-34-30-44(31-35-50)47-19-13-18-46(38-47)42-16-5-2-6-17-42;1-3-14-41(15-4-1)45-18-13-19-46(38-45)42-26-32-49(33-27-42)61-57-24-11-9-22-53(57)55-39-47(30-36-59(55)61)48-31-37-60-56(40-48)54-23-10-12-25-58(54)62(60)50-34-28-44(29-35-50)52-21-8-7-20-51(52)43-16-5-2-6-17-43/h2*1-40H. The van der Waals surface area contributed by atoms with Gasteiger partial charge in [0, 0.05) is 65.7 Å². The number of rotatable bonds is 14. The Morgan fingerprint density at radius 1 is 0.105 bits per heavy atom. The summed E-state index contributed by atoms with van der Waals surface area (Å²) < 4.78 is 9.66. The zero-order valence-electron chi connectivity index (χ0n) is 68.0. The average molecular weight is 1580 g/mol. The van der Waals surface area contributed by atoms with Crippen LogP contribution in [0.3, 0.4) is 0 Å². The van der Waals surface area contributed by atoms with E-state index in [1.54, 1.807) is 0 Å². The molecular weight excluding hydrogens is 1500 g/mol. The minimum atomic E-state index is 1.15. The molecule has 24 aromatic rings. The van der Waals surface area contributed by atoms with Crippen LogP contribution in [0.15, 0.2) is 485 Å². The minimum absolute atomic E-state index is 1.15. The monoisotopic (exact) mass is 1580 g/mol. The minimum Gasteiger partial charge on any atom is -0.309 e. The lowest BCUT2D eigenvalue weighted by Crippen LogP contribution is -1.97. The van der Waals surface area contributed by atoms with Crippen molar-refractivity contribution in [3.8, 4) is 134 Å². The molecule has 0 saturated carbocycles. The Hall–Kier alpha value is -16.4. The van der Waals surface area contributed by atoms with Gasteiger partial charge in [0.15, 0.2) is 0 Å². The summed E-state index contributed by atoms with van der Waals surface area (Å²) in [6.07, 6.45) is 0. The summed E-state index contributed by atoms with van der Waals surface area (Å²) in [6.45, 7) is 0. The van der Waals surface area contributed by atoms with Gasteiger partial charge in [0.2, 0.25) is 0 Å². The van der Waals surface area contributed by atoms with E-state index < -0.39 is 0 Å². The van der Waals surface area contributed by atoms with Crippen LogP contribution in [-0.2, 0) is 0 Å². The van der Waals surface area contributed by atoms with Crippen LogP contribution in [0.2, 0.25) is 0 Å². The number of nitrogens with zero attached hydrogens (tertiary/aromatic N) is 4. The number of benzene rings is 20. The quantitative estimate of drug-likeness (QED) is 0.103. The van der Waals surface area contributed by atoms with E-state index in [-0.39, 0.29) is 0 Å². The Morgan fingerprint density at radius 2 is 0.306 bits per heavy atom. The number of hydrogen-bond acceptors (Lipinski definition) is 0. The topological polar surface area (TPSA) is 19.7 Å². The van der Waals surface area contributed by atoms with Crippen LogP contribution in [-0.4, -0.2) is 18.3 Å². The SMILES string of the molecule is c1ccc(-c2ccc(-c3ccccc3-n3c4ccccc4c4cc(-c5ccc6c(c5)c5ccccc5n6-c5ccc(-c6cccc(-c7ccccc7)c6)cc5)ccc43)cc2)cc1.c1ccc(-c2cccc(-c3ccc(-n4c5ccccc5c5cc(-c6ccc7c(c6)c6ccccc6n7-c6ccc(-c7ccccc7-c7ccccc7)cc6)ccc54)cc3)c2)cc1. The highest BCUT2D eigenvalue weighted by Crippen LogP contribution is 2.45. The van der Waals surface area contributed by atoms with E-state index in [0.717, 1.165) is 17.1 Å². The van der Waals surface area contributed by atoms with Gasteiger partial charge in [-0.3, -0.25) is 0 Å². The molecule has 124 heavy (non-hydrogen) atoms. The molecule has 0 unspecified atom stereocenters. The molecule has 0 fully saturated rings. The van der Waals surface area contributed by atoms with E-state index in [2.05, 4.69) is 504 Å². The van der Waals surface area contributed by atoms with Crippen molar-refractivity contribution in [2.75, 3.05) is 0 Å². The highest BCUT2D eigenvalue weighted by atomic mass is 15.0. The molecule has 0 N–H and O–H groups in total. The fourth-order valence-electron chi connectivity index (χ4n) is 19.1. The summed E-state index contributed by atoms with van der Waals surface area (Å²) in [4.78, 5) is 0. The van der Waals surface area contributed by atoms with Crippen LogP contribution < -0.4 is 0 Å². The van der Waals surface area contributed by atoms with Crippen molar-refractivity contribution in [3.63, 3.8) is 0 Å². The molecule has 4 heterocycles. The van der Waals surface area contributed by atoms with Crippen LogP contribution in [0.25, 0.3) is 221 Å². The zero-order chi connectivity index (χ0) is 82.0. The molecule has 0 bridgehead atoms. The average Bonchev–Trinajstić information content (AvgIpc) is 1.58. The Morgan fingerprint density at radius 3 is 0.669 bits per heavy atom. The van der Waals surface area contributed by atoms with Gasteiger partial charge in [-0.2, -0.15) is 0 Å². The molecule has 4 heteroatoms. The smallest absolute Gasteiger partial charge is 0.0541 e. The van der Waals surface area contributed by atoms with Crippen molar-refractivity contribution < 1.29 is 0 Å². The van der Waals surface area contributed by atoms with E-state index in [4.69, 9.17) is 0 Å². The lowest BCUT2D eigenvalue weighted by molar-refractivity contribution is 1.18. The maximum Gasteiger partial charge on any atom is 0.0541 e. The van der Waals surface area contributed by atoms with Crippen LogP contribution in [0, 0.1) is 0 Å². The summed E-state index contributed by atoms with van der Waals surface area (Å²) in [5, 5.41) is 9.95. The normalized spacial score (nSPS) is 11.5. The van der Waals surface area contributed by atoms with Crippen molar-refractivity contribution in [1.29, 1.82) is 0 Å². The third kappa shape index (κ3) is 13.0.